The molecule has 28 nitrogen and oxygen atoms in total. The highest BCUT2D eigenvalue weighted by molar-refractivity contribution is 6.31. The Kier molecular flexibility index (Phi) is 41.1. The highest BCUT2D eigenvalue weighted by Crippen LogP contribution is 2.47. The molecule has 11 aliphatic heterocycles. The Balaban J connectivity index is 0.000000132. The fraction of sp³-hybridized carbons (Fsp3) is 0.531. The van der Waals surface area contributed by atoms with Gasteiger partial charge in [0.05, 0.1) is 51.2 Å². The molecule has 7 aromatic carbocycles. The van der Waals surface area contributed by atoms with Crippen LogP contribution in [0.25, 0.3) is 22.0 Å². The van der Waals surface area contributed by atoms with Crippen LogP contribution in [0.5, 0.6) is 0 Å². The number of likely N-dealkylation sites (N-methyl/N-ethyl adjacent to an activating group) is 2. The summed E-state index contributed by atoms with van der Waals surface area (Å²) in [6, 6.07) is 58.1. The van der Waals surface area contributed by atoms with Crippen LogP contribution in [0, 0.1) is 0 Å². The quantitative estimate of drug-likeness (QED) is 0.0897. The molecule has 1 amide bonds. The van der Waals surface area contributed by atoms with Gasteiger partial charge in [0.25, 0.3) is 0 Å². The summed E-state index contributed by atoms with van der Waals surface area (Å²) in [6.07, 6.45) is 13.4. The number of ether oxygens (including phenoxy) is 1. The average Bonchev–Trinajstić information content (AvgIpc) is 1.60. The summed E-state index contributed by atoms with van der Waals surface area (Å²) in [5.41, 5.74) is 6.56. The lowest BCUT2D eigenvalue weighted by atomic mass is 9.79. The minimum Gasteiger partial charge on any atom is -0.461 e. The van der Waals surface area contributed by atoms with E-state index in [1.807, 2.05) is 120 Å². The Morgan fingerprint density at radius 1 is 0.487 bits per heavy atom. The van der Waals surface area contributed by atoms with Crippen molar-refractivity contribution in [1.29, 1.82) is 0 Å². The van der Waals surface area contributed by atoms with Gasteiger partial charge in [-0.15, -0.1) is 20.4 Å². The number of aromatic amines is 2. The number of tetrazole rings is 1. The number of carbonyl (C=O) groups is 2. The molecule has 0 radical (unpaired) electrons. The van der Waals surface area contributed by atoms with Gasteiger partial charge in [-0.2, -0.15) is 31.6 Å². The number of nitrogens with zero attached hydrogens (tertiary/aromatic N) is 20. The first-order valence-electron chi connectivity index (χ1n) is 52.8. The number of imidazole rings is 2. The van der Waals surface area contributed by atoms with Crippen molar-refractivity contribution in [1.82, 2.24) is 108 Å². The molecule has 37 heteroatoms. The smallest absolute Gasteiger partial charge is 0.451 e. The number of hydrogen-bond donors (Lipinski definition) is 3. The Morgan fingerprint density at radius 3 is 1.56 bits per heavy atom. The van der Waals surface area contributed by atoms with Crippen molar-refractivity contribution < 1.29 is 50.2 Å². The normalized spacial score (nSPS) is 20.1. The van der Waals surface area contributed by atoms with Gasteiger partial charge in [-0.05, 0) is 315 Å². The first-order valence-corrected chi connectivity index (χ1v) is 53.9. The molecule has 16 heterocycles. The largest absolute Gasteiger partial charge is 0.461 e. The van der Waals surface area contributed by atoms with Crippen LogP contribution in [-0.4, -0.2) is 327 Å². The van der Waals surface area contributed by atoms with Gasteiger partial charge in [0, 0.05) is 155 Å². The third-order valence-electron chi connectivity index (χ3n) is 31.6. The highest BCUT2D eigenvalue weighted by Gasteiger charge is 2.48. The molecule has 5 aromatic heterocycles. The van der Waals surface area contributed by atoms with Crippen LogP contribution < -0.4 is 5.69 Å². The number of hydrogen-bond acceptors (Lipinski definition) is 22. The van der Waals surface area contributed by atoms with Crippen LogP contribution in [0.2, 0.25) is 15.1 Å². The van der Waals surface area contributed by atoms with E-state index in [1.165, 1.54) is 131 Å². The molecule has 0 atom stereocenters. The van der Waals surface area contributed by atoms with E-state index in [4.69, 9.17) is 44.0 Å². The van der Waals surface area contributed by atoms with Crippen molar-refractivity contribution in [2.45, 2.75) is 188 Å². The lowest BCUT2D eigenvalue weighted by molar-refractivity contribution is -0.148. The maximum absolute atomic E-state index is 12.8. The number of alkyl halides is 6. The number of furan rings is 1. The first-order chi connectivity index (χ1) is 71.8. The number of likely N-dealkylation sites (tertiary alicyclic amines) is 9. The Hall–Kier alpha value is -10.3. The molecule has 9 saturated heterocycles. The summed E-state index contributed by atoms with van der Waals surface area (Å²) in [5.74, 6) is 4.12. The fourth-order valence-corrected chi connectivity index (χ4v) is 22.2. The predicted molar refractivity (Wildman–Crippen MR) is 580 cm³/mol. The zero-order valence-electron chi connectivity index (χ0n) is 88.9. The number of benzene rings is 7. The lowest BCUT2D eigenvalue weighted by Crippen LogP contribution is -2.52. The summed E-state index contributed by atoms with van der Waals surface area (Å²) in [6.45, 7) is 22.3. The van der Waals surface area contributed by atoms with Gasteiger partial charge >= 0.3 is 24.0 Å². The molecule has 150 heavy (non-hydrogen) atoms. The summed E-state index contributed by atoms with van der Waals surface area (Å²) in [5, 5.41) is 33.6. The zero-order valence-corrected chi connectivity index (χ0v) is 91.2. The minimum absolute atomic E-state index is 0.0285. The SMILES string of the molecule is CC(=O)N(C)C1(c2ccccc2)CCN(C)CC1.CN1CC(c2ccccc2)C1.CN1CCC(O)(c2ccc(Cl)c(C(F)(F)F)c2)CC1.CN1CCC(c2cc3ccccc3o2)CC1.CN1CCC(c2ccc(Cl)cc2)CC1.CN1CCC(c2nn[nH]n2)CC1.CN1CCC(n2c(=O)[nH]c3ccccc32)CC1.CN1CCC(n2ccnc2)CC1.CN1CCC2(CC1)OC(=O)c1cc(Cl)ccc12.CN1CCn2c(nnc2C(F)(F)F)C1. The zero-order chi connectivity index (χ0) is 107. The van der Waals surface area contributed by atoms with Gasteiger partial charge in [0.1, 0.15) is 22.8 Å². The molecule has 812 valence electrons. The molecular weight excluding hydrogens is 1980 g/mol. The van der Waals surface area contributed by atoms with Crippen LogP contribution in [0.1, 0.15) is 212 Å². The third-order valence-corrected chi connectivity index (χ3v) is 32.4. The van der Waals surface area contributed by atoms with E-state index in [0.29, 0.717) is 85.9 Å². The van der Waals surface area contributed by atoms with Crippen molar-refractivity contribution in [3.05, 3.63) is 282 Å². The summed E-state index contributed by atoms with van der Waals surface area (Å²) in [7, 11) is 22.9. The molecule has 0 aliphatic carbocycles. The number of piperidine rings is 8. The number of rotatable bonds is 9. The molecule has 11 aliphatic rings. The third kappa shape index (κ3) is 31.3. The number of fused-ring (bicyclic) bond motifs is 5. The monoisotopic (exact) mass is 2130 g/mol. The van der Waals surface area contributed by atoms with Crippen molar-refractivity contribution in [3.63, 3.8) is 0 Å². The van der Waals surface area contributed by atoms with E-state index in [0.717, 1.165) is 159 Å². The second kappa shape index (κ2) is 53.5. The number of H-pyrrole nitrogens is 2. The Labute approximate surface area is 893 Å². The molecule has 0 unspecified atom stereocenters. The van der Waals surface area contributed by atoms with Gasteiger partial charge < -0.3 is 77.4 Å². The van der Waals surface area contributed by atoms with Crippen LogP contribution >= 0.6 is 34.8 Å². The van der Waals surface area contributed by atoms with E-state index in [-0.39, 0.29) is 33.7 Å². The second-order valence-electron chi connectivity index (χ2n) is 42.5. The van der Waals surface area contributed by atoms with Crippen LogP contribution in [0.3, 0.4) is 0 Å². The van der Waals surface area contributed by atoms with Crippen molar-refractivity contribution in [3.8, 4) is 0 Å². The molecule has 0 bridgehead atoms. The first kappa shape index (κ1) is 115. The summed E-state index contributed by atoms with van der Waals surface area (Å²) in [4.78, 5) is 67.3. The van der Waals surface area contributed by atoms with Crippen LogP contribution in [0.15, 0.2) is 204 Å². The number of halogens is 9. The molecule has 0 saturated carbocycles. The number of aromatic nitrogens is 11. The van der Waals surface area contributed by atoms with Gasteiger partial charge in [0.15, 0.2) is 5.82 Å². The van der Waals surface area contributed by atoms with E-state index in [9.17, 15) is 45.8 Å². The topological polar surface area (TPSA) is 253 Å². The van der Waals surface area contributed by atoms with Gasteiger partial charge in [0.2, 0.25) is 11.7 Å². The number of nitrogens with one attached hydrogen (secondary N) is 2. The van der Waals surface area contributed by atoms with Gasteiger partial charge in [-0.3, -0.25) is 14.3 Å². The maximum Gasteiger partial charge on any atom is 0.451 e. The number of esters is 1. The van der Waals surface area contributed by atoms with Crippen molar-refractivity contribution in [2.24, 2.45) is 0 Å². The van der Waals surface area contributed by atoms with E-state index >= 15 is 0 Å². The van der Waals surface area contributed by atoms with Crippen molar-refractivity contribution in [2.75, 3.05) is 202 Å². The van der Waals surface area contributed by atoms with Crippen molar-refractivity contribution >= 4 is 68.7 Å². The van der Waals surface area contributed by atoms with Crippen LogP contribution in [0.4, 0.5) is 26.3 Å². The lowest BCUT2D eigenvalue weighted by Gasteiger charge is -2.47. The summed E-state index contributed by atoms with van der Waals surface area (Å²) >= 11 is 17.4. The number of aliphatic hydroxyl groups is 1. The molecule has 1 spiro atoms. The molecular formula is C113H151Cl3F6N22O6. The number of amides is 1. The minimum atomic E-state index is -4.51. The van der Waals surface area contributed by atoms with Gasteiger partial charge in [-0.1, -0.05) is 155 Å². The highest BCUT2D eigenvalue weighted by atomic mass is 35.5. The Morgan fingerprint density at radius 2 is 1.01 bits per heavy atom. The van der Waals surface area contributed by atoms with Crippen LogP contribution in [-0.2, 0) is 51.7 Å². The predicted octanol–water partition coefficient (Wildman–Crippen LogP) is 19.4. The number of para-hydroxylation sites is 3. The molecule has 9 fully saturated rings. The standard InChI is InChI=1S/C15H22N2O.C14H17NO.C13H15ClF3NO.C13H14ClNO2.C13H17N3O.C12H16ClN.C10H13N.C9H15N3.C7H9F3N4.C7H13N5/c1-13(18)17(3)15(9-11-16(2)12-10-15)14-7-5-4-6-8-14;1-15-8-6-11(7-9-15)14-10-12-4-2-3-5-13(12)16-14;1-18-6-4-12(19,5-7-18)9-2-3-11(14)10(8-9)13(15,16)17;1-15-6-4-13(5-7-15)11-3-2-9(14)8-10(11)12(16)17-13;1-15-8-6-10(7-9-15)16-12-5-3-2-4-11(12)14-13(16)17;1-14-8-6-11(7-9-14)10-2-4-12(13)5-3-10;1-11-7-10(8-11)9-5-3-2-4-6-9;1-11-5-2-9(3-6-11)12-7-4-10-8-12;1-13-2-3-14-5(4-13)11-12-6(14)7(8,9)10;1-12-4-2-6(3-5-12)7-8-10-11-9-7/h4-8H,9-12H2,1-3H3;2-5,10-11H,6-9H2,1H3;2-3,8,19H,4-7H2,1H3;2-3,8H,4-7H2,1H3;2-5,10H,6-9H2,1H3,(H,14,17);2-5,11H,6-9H2,1H3;2-6,10H,7-8H2,1H3;4,7-9H,2-3,5-6H2,1H3;2-4H2,1H3;6H,2-5H2,1H3,(H,8,9,10,11). The maximum atomic E-state index is 12.8. The molecule has 12 aromatic rings. The molecule has 3 N–H and O–H groups in total. The van der Waals surface area contributed by atoms with E-state index in [2.05, 4.69) is 232 Å². The van der Waals surface area contributed by atoms with E-state index < -0.39 is 34.9 Å². The average molecular weight is 2130 g/mol. The Bertz CT molecular complexity index is 6100. The molecule has 23 rings (SSSR count). The second-order valence-corrected chi connectivity index (χ2v) is 43.8. The van der Waals surface area contributed by atoms with Gasteiger partial charge in [-0.25, -0.2) is 14.6 Å². The fourth-order valence-electron chi connectivity index (χ4n) is 21.7. The van der Waals surface area contributed by atoms with E-state index in [1.54, 1.807) is 13.0 Å². The summed E-state index contributed by atoms with van der Waals surface area (Å²) < 4.78 is 92.4. The number of carbonyl (C=O) groups excluding carboxylic acids is 2.